The molecule has 0 atom stereocenters. The van der Waals surface area contributed by atoms with Gasteiger partial charge in [-0.15, -0.1) is 0 Å². The lowest BCUT2D eigenvalue weighted by molar-refractivity contribution is 0.266. The van der Waals surface area contributed by atoms with Crippen LogP contribution in [0, 0.1) is 0 Å². The van der Waals surface area contributed by atoms with Gasteiger partial charge in [0.1, 0.15) is 12.4 Å². The zero-order chi connectivity index (χ0) is 19.6. The molecule has 3 aromatic carbocycles. The van der Waals surface area contributed by atoms with Crippen molar-refractivity contribution in [1.82, 2.24) is 5.32 Å². The predicted octanol–water partition coefficient (Wildman–Crippen LogP) is 4.96. The van der Waals surface area contributed by atoms with Crippen LogP contribution in [0.2, 0.25) is 0 Å². The maximum Gasteiger partial charge on any atom is 0.166 e. The number of rotatable bonds is 10. The van der Waals surface area contributed by atoms with Crippen molar-refractivity contribution >= 4 is 0 Å². The van der Waals surface area contributed by atoms with Crippen LogP contribution in [-0.4, -0.2) is 13.7 Å². The number of nitrogens with one attached hydrogen (secondary N) is 1. The van der Waals surface area contributed by atoms with Gasteiger partial charge in [0.2, 0.25) is 0 Å². The topological polar surface area (TPSA) is 39.7 Å². The van der Waals surface area contributed by atoms with Gasteiger partial charge in [-0.25, -0.2) is 0 Å². The van der Waals surface area contributed by atoms with Gasteiger partial charge in [-0.1, -0.05) is 60.7 Å². The molecule has 0 amide bonds. The van der Waals surface area contributed by atoms with Crippen LogP contribution < -0.4 is 19.5 Å². The fourth-order valence-corrected chi connectivity index (χ4v) is 3.04. The van der Waals surface area contributed by atoms with E-state index in [0.717, 1.165) is 33.9 Å². The van der Waals surface area contributed by atoms with Gasteiger partial charge >= 0.3 is 0 Å². The molecule has 0 unspecified atom stereocenters. The minimum absolute atomic E-state index is 0.504. The first-order valence-electron chi connectivity index (χ1n) is 9.55. The summed E-state index contributed by atoms with van der Waals surface area (Å²) >= 11 is 0. The summed E-state index contributed by atoms with van der Waals surface area (Å²) in [6.07, 6.45) is 0. The smallest absolute Gasteiger partial charge is 0.166 e. The number of methoxy groups -OCH3 is 1. The zero-order valence-electron chi connectivity index (χ0n) is 16.5. The molecule has 0 saturated heterocycles. The molecule has 0 fully saturated rings. The van der Waals surface area contributed by atoms with E-state index < -0.39 is 0 Å². The molecule has 0 aromatic heterocycles. The summed E-state index contributed by atoms with van der Waals surface area (Å²) in [4.78, 5) is 0. The summed E-state index contributed by atoms with van der Waals surface area (Å²) in [6.45, 7) is 4.46. The van der Waals surface area contributed by atoms with Crippen molar-refractivity contribution in [3.63, 3.8) is 0 Å². The van der Waals surface area contributed by atoms with Crippen molar-refractivity contribution in [2.45, 2.75) is 26.6 Å². The third-order valence-electron chi connectivity index (χ3n) is 4.41. The molecule has 28 heavy (non-hydrogen) atoms. The van der Waals surface area contributed by atoms with E-state index in [9.17, 15) is 0 Å². The Morgan fingerprint density at radius 1 is 0.714 bits per heavy atom. The molecular formula is C24H27NO3. The summed E-state index contributed by atoms with van der Waals surface area (Å²) in [5.74, 6) is 2.45. The number of benzene rings is 3. The second-order valence-corrected chi connectivity index (χ2v) is 6.37. The van der Waals surface area contributed by atoms with E-state index in [1.165, 1.54) is 0 Å². The van der Waals surface area contributed by atoms with E-state index in [1.807, 2.05) is 55.5 Å². The monoisotopic (exact) mass is 377 g/mol. The predicted molar refractivity (Wildman–Crippen MR) is 112 cm³/mol. The van der Waals surface area contributed by atoms with Gasteiger partial charge in [0.25, 0.3) is 0 Å². The zero-order valence-corrected chi connectivity index (χ0v) is 16.5. The van der Waals surface area contributed by atoms with Crippen LogP contribution in [0.3, 0.4) is 0 Å². The summed E-state index contributed by atoms with van der Waals surface area (Å²) < 4.78 is 17.4. The first-order chi connectivity index (χ1) is 13.8. The van der Waals surface area contributed by atoms with Gasteiger partial charge in [-0.05, 0) is 24.6 Å². The summed E-state index contributed by atoms with van der Waals surface area (Å²) in [5, 5.41) is 3.49. The number of para-hydroxylation sites is 2. The first kappa shape index (κ1) is 19.8. The van der Waals surface area contributed by atoms with Crippen LogP contribution in [-0.2, 0) is 19.7 Å². The highest BCUT2D eigenvalue weighted by atomic mass is 16.5. The summed E-state index contributed by atoms with van der Waals surface area (Å²) in [6, 6.07) is 24.2. The van der Waals surface area contributed by atoms with Crippen molar-refractivity contribution in [3.8, 4) is 17.2 Å². The normalized spacial score (nSPS) is 10.5. The maximum atomic E-state index is 6.16. The molecule has 146 valence electrons. The van der Waals surface area contributed by atoms with Gasteiger partial charge in [0.05, 0.1) is 13.7 Å². The molecule has 1 N–H and O–H groups in total. The third kappa shape index (κ3) is 5.27. The Balaban J connectivity index is 1.71. The molecule has 4 heteroatoms. The van der Waals surface area contributed by atoms with E-state index in [4.69, 9.17) is 14.2 Å². The highest BCUT2D eigenvalue weighted by Crippen LogP contribution is 2.32. The molecule has 0 spiro atoms. The maximum absolute atomic E-state index is 6.16. The van der Waals surface area contributed by atoms with Crippen LogP contribution in [0.1, 0.15) is 23.6 Å². The minimum Gasteiger partial charge on any atom is -0.496 e. The molecule has 4 nitrogen and oxygen atoms in total. The summed E-state index contributed by atoms with van der Waals surface area (Å²) in [5.41, 5.74) is 3.32. The van der Waals surface area contributed by atoms with Gasteiger partial charge < -0.3 is 19.5 Å². The first-order valence-corrected chi connectivity index (χ1v) is 9.55. The molecule has 0 heterocycles. The Morgan fingerprint density at radius 3 is 2.18 bits per heavy atom. The second kappa shape index (κ2) is 10.4. The third-order valence-corrected chi connectivity index (χ3v) is 4.41. The molecule has 0 aliphatic carbocycles. The lowest BCUT2D eigenvalue weighted by Crippen LogP contribution is -2.14. The van der Waals surface area contributed by atoms with E-state index in [-0.39, 0.29) is 0 Å². The van der Waals surface area contributed by atoms with Crippen molar-refractivity contribution in [3.05, 3.63) is 89.5 Å². The molecule has 0 radical (unpaired) electrons. The van der Waals surface area contributed by atoms with Crippen molar-refractivity contribution in [2.24, 2.45) is 0 Å². The Bertz CT molecular complexity index is 865. The second-order valence-electron chi connectivity index (χ2n) is 6.37. The number of hydrogen-bond donors (Lipinski definition) is 1. The quantitative estimate of drug-likeness (QED) is 0.542. The number of ether oxygens (including phenoxy) is 3. The standard InChI is InChI=1S/C24H27NO3/c1-3-27-23-15-9-13-21(24(23)28-18-19-10-5-4-6-11-19)17-25-16-20-12-7-8-14-22(20)26-2/h4-15,25H,3,16-18H2,1-2H3. The van der Waals surface area contributed by atoms with Gasteiger partial charge in [0, 0.05) is 24.2 Å². The Morgan fingerprint density at radius 2 is 1.39 bits per heavy atom. The molecule has 0 saturated carbocycles. The summed E-state index contributed by atoms with van der Waals surface area (Å²) in [7, 11) is 1.69. The van der Waals surface area contributed by atoms with Crippen LogP contribution in [0.4, 0.5) is 0 Å². The fraction of sp³-hybridized carbons (Fsp3) is 0.250. The van der Waals surface area contributed by atoms with Crippen LogP contribution in [0.25, 0.3) is 0 Å². The molecule has 0 aliphatic rings. The van der Waals surface area contributed by atoms with E-state index in [0.29, 0.717) is 26.3 Å². The van der Waals surface area contributed by atoms with Crippen molar-refractivity contribution in [1.29, 1.82) is 0 Å². The molecular weight excluding hydrogens is 350 g/mol. The Labute approximate surface area is 167 Å². The minimum atomic E-state index is 0.504. The van der Waals surface area contributed by atoms with Crippen molar-refractivity contribution < 1.29 is 14.2 Å². The fourth-order valence-electron chi connectivity index (χ4n) is 3.04. The molecule has 0 aliphatic heterocycles. The molecule has 0 bridgehead atoms. The van der Waals surface area contributed by atoms with Crippen LogP contribution in [0.5, 0.6) is 17.2 Å². The number of hydrogen-bond acceptors (Lipinski definition) is 4. The lowest BCUT2D eigenvalue weighted by atomic mass is 10.1. The molecule has 3 rings (SSSR count). The SMILES string of the molecule is CCOc1cccc(CNCc2ccccc2OC)c1OCc1ccccc1. The van der Waals surface area contributed by atoms with Gasteiger partial charge in [-0.3, -0.25) is 0 Å². The van der Waals surface area contributed by atoms with Crippen LogP contribution >= 0.6 is 0 Å². The van der Waals surface area contributed by atoms with E-state index in [2.05, 4.69) is 29.6 Å². The van der Waals surface area contributed by atoms with Crippen LogP contribution in [0.15, 0.2) is 72.8 Å². The van der Waals surface area contributed by atoms with Crippen molar-refractivity contribution in [2.75, 3.05) is 13.7 Å². The van der Waals surface area contributed by atoms with Gasteiger partial charge in [0.15, 0.2) is 11.5 Å². The average Bonchev–Trinajstić information content (AvgIpc) is 2.74. The lowest BCUT2D eigenvalue weighted by Gasteiger charge is -2.17. The van der Waals surface area contributed by atoms with E-state index in [1.54, 1.807) is 7.11 Å². The largest absolute Gasteiger partial charge is 0.496 e. The highest BCUT2D eigenvalue weighted by Gasteiger charge is 2.12. The Kier molecular flexibility index (Phi) is 7.33. The van der Waals surface area contributed by atoms with E-state index >= 15 is 0 Å². The molecule has 3 aromatic rings. The highest BCUT2D eigenvalue weighted by molar-refractivity contribution is 5.47. The average molecular weight is 377 g/mol. The van der Waals surface area contributed by atoms with Gasteiger partial charge in [-0.2, -0.15) is 0 Å². The Hall–Kier alpha value is -2.98.